The summed E-state index contributed by atoms with van der Waals surface area (Å²) < 4.78 is 0. The smallest absolute Gasteiger partial charge is 0.0192 e. The molecular weight excluding hydrogens is 152 g/mol. The van der Waals surface area contributed by atoms with Gasteiger partial charge in [0.25, 0.3) is 0 Å². The van der Waals surface area contributed by atoms with Gasteiger partial charge >= 0.3 is 0 Å². The second kappa shape index (κ2) is 2.71. The van der Waals surface area contributed by atoms with E-state index in [-0.39, 0.29) is 0 Å². The van der Waals surface area contributed by atoms with E-state index in [1.54, 1.807) is 5.57 Å². The lowest BCUT2D eigenvalue weighted by Gasteiger charge is -2.21. The molecule has 0 saturated heterocycles. The number of fused-ring (bicyclic) bond motifs is 1. The van der Waals surface area contributed by atoms with Crippen LogP contribution in [0.4, 0.5) is 0 Å². The lowest BCUT2D eigenvalue weighted by molar-refractivity contribution is 0.637. The van der Waals surface area contributed by atoms with Crippen LogP contribution in [0.25, 0.3) is 0 Å². The Hall–Kier alpha value is -0.170. The van der Waals surface area contributed by atoms with E-state index < -0.39 is 0 Å². The largest absolute Gasteiger partial charge is 0.127 e. The molecule has 2 aliphatic rings. The number of hydrogen-bond acceptors (Lipinski definition) is 1. The molecule has 1 heterocycles. The first-order valence-corrected chi connectivity index (χ1v) is 5.16. The minimum atomic E-state index is 0.758. The molecule has 0 aromatic carbocycles. The number of thioether (sulfide) groups is 1. The van der Waals surface area contributed by atoms with Crippen molar-refractivity contribution in [2.45, 2.75) is 31.9 Å². The van der Waals surface area contributed by atoms with Crippen molar-refractivity contribution >= 4 is 11.8 Å². The van der Waals surface area contributed by atoms with Gasteiger partial charge in [-0.15, -0.1) is 11.8 Å². The van der Waals surface area contributed by atoms with Crippen LogP contribution in [0.5, 0.6) is 0 Å². The molecule has 0 N–H and O–H groups in total. The Morgan fingerprint density at radius 3 is 3.00 bits per heavy atom. The Labute approximate surface area is 72.8 Å². The fraction of sp³-hybridized carbons (Fsp3) is 0.600. The molecular formula is C10H14S. The molecule has 0 radical (unpaired) electrons. The van der Waals surface area contributed by atoms with E-state index in [1.165, 1.54) is 17.7 Å². The second-order valence-corrected chi connectivity index (χ2v) is 5.05. The SMILES string of the molecule is CC1=CC2C=C(C)SC2CC1. The van der Waals surface area contributed by atoms with Crippen molar-refractivity contribution < 1.29 is 0 Å². The maximum absolute atomic E-state index is 2.44. The third-order valence-electron chi connectivity index (χ3n) is 2.49. The van der Waals surface area contributed by atoms with Crippen molar-refractivity contribution in [1.29, 1.82) is 0 Å². The summed E-state index contributed by atoms with van der Waals surface area (Å²) in [4.78, 5) is 1.52. The highest BCUT2D eigenvalue weighted by Gasteiger charge is 2.27. The molecule has 60 valence electrons. The zero-order valence-electron chi connectivity index (χ0n) is 7.13. The van der Waals surface area contributed by atoms with E-state index in [2.05, 4.69) is 37.8 Å². The van der Waals surface area contributed by atoms with Crippen LogP contribution in [-0.2, 0) is 0 Å². The number of rotatable bonds is 0. The van der Waals surface area contributed by atoms with Crippen molar-refractivity contribution in [3.05, 3.63) is 22.6 Å². The van der Waals surface area contributed by atoms with Gasteiger partial charge in [0, 0.05) is 11.2 Å². The zero-order valence-corrected chi connectivity index (χ0v) is 7.95. The molecule has 0 fully saturated rings. The highest BCUT2D eigenvalue weighted by Crippen LogP contribution is 2.42. The summed E-state index contributed by atoms with van der Waals surface area (Å²) in [5.74, 6) is 0.758. The lowest BCUT2D eigenvalue weighted by Crippen LogP contribution is -2.13. The van der Waals surface area contributed by atoms with Crippen molar-refractivity contribution in [1.82, 2.24) is 0 Å². The van der Waals surface area contributed by atoms with E-state index in [1.807, 2.05) is 0 Å². The summed E-state index contributed by atoms with van der Waals surface area (Å²) in [6.45, 7) is 4.48. The molecule has 2 unspecified atom stereocenters. The molecule has 1 aliphatic carbocycles. The summed E-state index contributed by atoms with van der Waals surface area (Å²) in [6, 6.07) is 0. The van der Waals surface area contributed by atoms with Crippen molar-refractivity contribution in [3.8, 4) is 0 Å². The first kappa shape index (κ1) is 7.48. The molecule has 0 aromatic rings. The van der Waals surface area contributed by atoms with Gasteiger partial charge in [-0.25, -0.2) is 0 Å². The molecule has 2 rings (SSSR count). The van der Waals surface area contributed by atoms with Crippen LogP contribution in [0.2, 0.25) is 0 Å². The van der Waals surface area contributed by atoms with Crippen molar-refractivity contribution in [2.24, 2.45) is 5.92 Å². The molecule has 0 bridgehead atoms. The summed E-state index contributed by atoms with van der Waals surface area (Å²) in [5.41, 5.74) is 1.58. The van der Waals surface area contributed by atoms with Crippen LogP contribution < -0.4 is 0 Å². The Balaban J connectivity index is 2.20. The molecule has 11 heavy (non-hydrogen) atoms. The van der Waals surface area contributed by atoms with Crippen LogP contribution in [-0.4, -0.2) is 5.25 Å². The maximum Gasteiger partial charge on any atom is 0.0192 e. The summed E-state index contributed by atoms with van der Waals surface area (Å²) in [7, 11) is 0. The molecule has 0 aromatic heterocycles. The lowest BCUT2D eigenvalue weighted by atomic mass is 9.91. The standard InChI is InChI=1S/C10H14S/c1-7-3-4-10-9(5-7)6-8(2)11-10/h5-6,9-10H,3-4H2,1-2H3. The van der Waals surface area contributed by atoms with Gasteiger partial charge in [-0.2, -0.15) is 0 Å². The molecule has 0 spiro atoms. The van der Waals surface area contributed by atoms with E-state index in [4.69, 9.17) is 0 Å². The van der Waals surface area contributed by atoms with Crippen LogP contribution in [0.3, 0.4) is 0 Å². The molecule has 1 heteroatoms. The van der Waals surface area contributed by atoms with Gasteiger partial charge in [-0.1, -0.05) is 17.7 Å². The summed E-state index contributed by atoms with van der Waals surface area (Å²) in [5, 5.41) is 0.874. The average Bonchev–Trinajstić information content (AvgIpc) is 2.27. The van der Waals surface area contributed by atoms with Gasteiger partial charge in [0.15, 0.2) is 0 Å². The van der Waals surface area contributed by atoms with E-state index in [9.17, 15) is 0 Å². The predicted molar refractivity (Wildman–Crippen MR) is 51.6 cm³/mol. The minimum Gasteiger partial charge on any atom is -0.127 e. The van der Waals surface area contributed by atoms with Crippen LogP contribution in [0.1, 0.15) is 26.7 Å². The Morgan fingerprint density at radius 1 is 1.36 bits per heavy atom. The summed E-state index contributed by atoms with van der Waals surface area (Å²) >= 11 is 2.07. The highest BCUT2D eigenvalue weighted by atomic mass is 32.2. The Morgan fingerprint density at radius 2 is 2.18 bits per heavy atom. The third-order valence-corrected chi connectivity index (χ3v) is 3.85. The second-order valence-electron chi connectivity index (χ2n) is 3.56. The topological polar surface area (TPSA) is 0 Å². The molecule has 1 aliphatic heterocycles. The van der Waals surface area contributed by atoms with Crippen molar-refractivity contribution in [2.75, 3.05) is 0 Å². The first-order valence-electron chi connectivity index (χ1n) is 4.28. The van der Waals surface area contributed by atoms with Crippen molar-refractivity contribution in [3.63, 3.8) is 0 Å². The van der Waals surface area contributed by atoms with Gasteiger partial charge in [0.1, 0.15) is 0 Å². The van der Waals surface area contributed by atoms with Gasteiger partial charge in [0.2, 0.25) is 0 Å². The van der Waals surface area contributed by atoms with Gasteiger partial charge < -0.3 is 0 Å². The fourth-order valence-electron chi connectivity index (χ4n) is 1.92. The maximum atomic E-state index is 2.44. The molecule has 0 amide bonds. The average molecular weight is 166 g/mol. The number of allylic oxidation sites excluding steroid dienone is 4. The third kappa shape index (κ3) is 1.39. The first-order chi connectivity index (χ1) is 5.25. The highest BCUT2D eigenvalue weighted by molar-refractivity contribution is 8.03. The normalized spacial score (nSPS) is 36.2. The summed E-state index contributed by atoms with van der Waals surface area (Å²) in [6.07, 6.45) is 7.55. The van der Waals surface area contributed by atoms with Gasteiger partial charge in [0.05, 0.1) is 0 Å². The van der Waals surface area contributed by atoms with Crippen LogP contribution in [0.15, 0.2) is 22.6 Å². The van der Waals surface area contributed by atoms with Crippen LogP contribution >= 0.6 is 11.8 Å². The quantitative estimate of drug-likeness (QED) is 0.497. The zero-order chi connectivity index (χ0) is 7.84. The monoisotopic (exact) mass is 166 g/mol. The van der Waals surface area contributed by atoms with E-state index >= 15 is 0 Å². The van der Waals surface area contributed by atoms with Crippen LogP contribution in [0, 0.1) is 5.92 Å². The minimum absolute atomic E-state index is 0.758. The van der Waals surface area contributed by atoms with E-state index in [0.717, 1.165) is 11.2 Å². The number of hydrogen-bond donors (Lipinski definition) is 0. The van der Waals surface area contributed by atoms with Gasteiger partial charge in [-0.05, 0) is 31.6 Å². The Kier molecular flexibility index (Phi) is 1.84. The van der Waals surface area contributed by atoms with E-state index in [0.29, 0.717) is 0 Å². The predicted octanol–water partition coefficient (Wildman–Crippen LogP) is 3.36. The molecule has 0 saturated carbocycles. The molecule has 2 atom stereocenters. The molecule has 0 nitrogen and oxygen atoms in total. The Bertz CT molecular complexity index is 225. The fourth-order valence-corrected chi connectivity index (χ4v) is 3.19. The van der Waals surface area contributed by atoms with Gasteiger partial charge in [-0.3, -0.25) is 0 Å².